The van der Waals surface area contributed by atoms with E-state index in [0.29, 0.717) is 12.0 Å². The van der Waals surface area contributed by atoms with Crippen LogP contribution in [0.4, 0.5) is 0 Å². The summed E-state index contributed by atoms with van der Waals surface area (Å²) < 4.78 is 2.22. The summed E-state index contributed by atoms with van der Waals surface area (Å²) in [4.78, 5) is 0. The van der Waals surface area contributed by atoms with Crippen molar-refractivity contribution in [2.24, 2.45) is 5.92 Å². The molecule has 2 aliphatic rings. The van der Waals surface area contributed by atoms with Crippen LogP contribution in [0.15, 0.2) is 12.2 Å². The Morgan fingerprint density at radius 3 is 1.71 bits per heavy atom. The molecule has 0 radical (unpaired) electrons. The van der Waals surface area contributed by atoms with Crippen LogP contribution in [-0.4, -0.2) is 39.3 Å². The van der Waals surface area contributed by atoms with Gasteiger partial charge in [-0.1, -0.05) is 81.8 Å². The third-order valence-corrected chi connectivity index (χ3v) is 5.62. The number of ether oxygens (including phenoxy) is 1. The molecule has 0 spiro atoms. The summed E-state index contributed by atoms with van der Waals surface area (Å²) in [5.41, 5.74) is 0. The summed E-state index contributed by atoms with van der Waals surface area (Å²) in [6, 6.07) is 0. The smallest absolute Gasteiger partial charge is 0.218 e. The van der Waals surface area contributed by atoms with Crippen molar-refractivity contribution in [2.45, 2.75) is 57.9 Å². The van der Waals surface area contributed by atoms with E-state index in [4.69, 9.17) is 74.3 Å². The minimum absolute atomic E-state index is 0.285. The Kier molecular flexibility index (Phi) is 8.11. The van der Waals surface area contributed by atoms with Gasteiger partial charge in [0.2, 0.25) is 7.59 Å². The number of methoxy groups -OCH3 is 1. The fourth-order valence-corrected chi connectivity index (χ4v) is 3.70. The van der Waals surface area contributed by atoms with Crippen LogP contribution in [0.2, 0.25) is 0 Å². The van der Waals surface area contributed by atoms with E-state index in [1.807, 2.05) is 6.08 Å². The summed E-state index contributed by atoms with van der Waals surface area (Å²) in [5.74, 6) is 0.493. The molecule has 0 amide bonds. The Labute approximate surface area is 172 Å². The molecule has 2 rings (SSSR count). The van der Waals surface area contributed by atoms with Crippen molar-refractivity contribution in [3.8, 4) is 0 Å². The minimum Gasteiger partial charge on any atom is -0.381 e. The molecule has 4 nitrogen and oxygen atoms in total. The van der Waals surface area contributed by atoms with Gasteiger partial charge in [-0.3, -0.25) is 16.0 Å². The average molecular weight is 460 g/mol. The molecular weight excluding hydrogens is 439 g/mol. The molecule has 2 atom stereocenters. The van der Waals surface area contributed by atoms with E-state index < -0.39 is 19.9 Å². The Hall–Kier alpha value is 1.32. The lowest BCUT2D eigenvalue weighted by Crippen LogP contribution is -2.73. The summed E-state index contributed by atoms with van der Waals surface area (Å²) >= 11 is 35.9. The van der Waals surface area contributed by atoms with Crippen LogP contribution in [0.3, 0.4) is 0 Å². The first-order chi connectivity index (χ1) is 11.1. The molecule has 0 aromatic heterocycles. The molecule has 1 saturated heterocycles. The van der Waals surface area contributed by atoms with Gasteiger partial charge in [0.15, 0.2) is 0 Å². The number of hydrogen-bond acceptors (Lipinski definition) is 4. The van der Waals surface area contributed by atoms with E-state index in [1.165, 1.54) is 0 Å². The van der Waals surface area contributed by atoms with Crippen LogP contribution in [0, 0.1) is 5.92 Å². The number of halogens is 6. The van der Waals surface area contributed by atoms with Crippen molar-refractivity contribution in [1.82, 2.24) is 16.0 Å². The van der Waals surface area contributed by atoms with Crippen molar-refractivity contribution < 1.29 is 4.74 Å². The van der Waals surface area contributed by atoms with Gasteiger partial charge in [0.1, 0.15) is 12.3 Å². The summed E-state index contributed by atoms with van der Waals surface area (Å²) in [6.45, 7) is 0. The second-order valence-electron chi connectivity index (χ2n) is 6.08. The summed E-state index contributed by atoms with van der Waals surface area (Å²) in [7, 11) is 1.76. The first kappa shape index (κ1) is 21.6. The monoisotopic (exact) mass is 457 g/mol. The quantitative estimate of drug-likeness (QED) is 0.436. The number of allylic oxidation sites excluding steroid dienone is 1. The molecule has 1 aliphatic heterocycles. The van der Waals surface area contributed by atoms with Gasteiger partial charge in [-0.25, -0.2) is 0 Å². The molecule has 0 aromatic rings. The van der Waals surface area contributed by atoms with Gasteiger partial charge >= 0.3 is 0 Å². The second kappa shape index (κ2) is 9.01. The SMILES string of the molecule is COC1CCC(C=CC2NC(C(Cl)(Cl)Cl)NC(C(Cl)(Cl)Cl)N2)CC1. The molecule has 1 heterocycles. The van der Waals surface area contributed by atoms with E-state index in [9.17, 15) is 0 Å². The van der Waals surface area contributed by atoms with Gasteiger partial charge in [0.05, 0.1) is 12.3 Å². The molecule has 2 fully saturated rings. The Morgan fingerprint density at radius 2 is 1.29 bits per heavy atom. The van der Waals surface area contributed by atoms with Gasteiger partial charge in [0, 0.05) is 7.11 Å². The highest BCUT2D eigenvalue weighted by Crippen LogP contribution is 2.35. The molecule has 3 N–H and O–H groups in total. The molecule has 10 heteroatoms. The largest absolute Gasteiger partial charge is 0.381 e. The topological polar surface area (TPSA) is 45.3 Å². The van der Waals surface area contributed by atoms with Crippen LogP contribution >= 0.6 is 69.6 Å². The number of rotatable bonds is 3. The Bertz CT molecular complexity index is 409. The van der Waals surface area contributed by atoms with Crippen molar-refractivity contribution >= 4 is 69.6 Å². The normalized spacial score (nSPS) is 36.2. The third kappa shape index (κ3) is 6.49. The number of nitrogens with one attached hydrogen (secondary N) is 3. The fourth-order valence-electron chi connectivity index (χ4n) is 2.94. The van der Waals surface area contributed by atoms with Crippen molar-refractivity contribution in [1.29, 1.82) is 0 Å². The zero-order valence-electron chi connectivity index (χ0n) is 13.0. The van der Waals surface area contributed by atoms with E-state index >= 15 is 0 Å². The van der Waals surface area contributed by atoms with Gasteiger partial charge in [-0.2, -0.15) is 0 Å². The number of hydrogen-bond donors (Lipinski definition) is 3. The lowest BCUT2D eigenvalue weighted by Gasteiger charge is -2.42. The van der Waals surface area contributed by atoms with E-state index in [2.05, 4.69) is 22.0 Å². The predicted molar refractivity (Wildman–Crippen MR) is 103 cm³/mol. The van der Waals surface area contributed by atoms with Crippen LogP contribution in [0.5, 0.6) is 0 Å². The summed E-state index contributed by atoms with van der Waals surface area (Å²) in [6.07, 6.45) is 7.20. The second-order valence-corrected chi connectivity index (χ2v) is 10.8. The molecule has 1 aliphatic carbocycles. The van der Waals surface area contributed by atoms with Crippen molar-refractivity contribution in [2.75, 3.05) is 7.11 Å². The Balaban J connectivity index is 1.98. The summed E-state index contributed by atoms with van der Waals surface area (Å²) in [5, 5.41) is 9.25. The zero-order chi connectivity index (χ0) is 18.0. The zero-order valence-corrected chi connectivity index (χ0v) is 17.6. The molecular formula is C14H21Cl6N3O. The molecule has 0 aromatic carbocycles. The van der Waals surface area contributed by atoms with Crippen molar-refractivity contribution in [3.63, 3.8) is 0 Å². The van der Waals surface area contributed by atoms with E-state index in [-0.39, 0.29) is 6.17 Å². The highest BCUT2D eigenvalue weighted by molar-refractivity contribution is 6.68. The number of alkyl halides is 6. The Morgan fingerprint density at radius 1 is 0.792 bits per heavy atom. The third-order valence-electron chi connectivity index (χ3n) is 4.31. The van der Waals surface area contributed by atoms with Gasteiger partial charge in [-0.15, -0.1) is 0 Å². The maximum Gasteiger partial charge on any atom is 0.218 e. The highest BCUT2D eigenvalue weighted by Gasteiger charge is 2.44. The molecule has 1 saturated carbocycles. The fraction of sp³-hybridized carbons (Fsp3) is 0.857. The lowest BCUT2D eigenvalue weighted by molar-refractivity contribution is 0.0626. The van der Waals surface area contributed by atoms with Crippen LogP contribution in [0.25, 0.3) is 0 Å². The maximum atomic E-state index is 5.98. The average Bonchev–Trinajstić information content (AvgIpc) is 2.51. The lowest BCUT2D eigenvalue weighted by atomic mass is 9.87. The minimum atomic E-state index is -1.58. The molecule has 2 unspecified atom stereocenters. The van der Waals surface area contributed by atoms with E-state index in [1.54, 1.807) is 7.11 Å². The predicted octanol–water partition coefficient (Wildman–Crippen LogP) is 4.25. The first-order valence-electron chi connectivity index (χ1n) is 7.72. The van der Waals surface area contributed by atoms with Gasteiger partial charge < -0.3 is 4.74 Å². The molecule has 140 valence electrons. The van der Waals surface area contributed by atoms with Gasteiger partial charge in [-0.05, 0) is 31.6 Å². The highest BCUT2D eigenvalue weighted by atomic mass is 35.6. The van der Waals surface area contributed by atoms with E-state index in [0.717, 1.165) is 25.7 Å². The van der Waals surface area contributed by atoms with Crippen LogP contribution in [0.1, 0.15) is 25.7 Å². The van der Waals surface area contributed by atoms with Crippen LogP contribution < -0.4 is 16.0 Å². The van der Waals surface area contributed by atoms with Crippen LogP contribution in [-0.2, 0) is 4.74 Å². The van der Waals surface area contributed by atoms with Gasteiger partial charge in [0.25, 0.3) is 0 Å². The standard InChI is InChI=1S/C14H21Cl6N3O/c1-24-9-5-2-8(3-6-9)4-7-10-21-11(13(15,16)17)23-12(22-10)14(18,19)20/h4,7-12,21-23H,2-3,5-6H2,1H3. The maximum absolute atomic E-state index is 5.98. The van der Waals surface area contributed by atoms with Crippen molar-refractivity contribution in [3.05, 3.63) is 12.2 Å². The molecule has 0 bridgehead atoms. The first-order valence-corrected chi connectivity index (χ1v) is 9.99. The molecule has 24 heavy (non-hydrogen) atoms.